The molecule has 0 aromatic carbocycles. The van der Waals surface area contributed by atoms with Crippen molar-refractivity contribution in [2.45, 2.75) is 103 Å². The lowest BCUT2D eigenvalue weighted by molar-refractivity contribution is -0.870. The van der Waals surface area contributed by atoms with Crippen molar-refractivity contribution in [3.05, 3.63) is 0 Å². The number of carbonyl (C=O) groups is 1. The molecule has 0 aromatic heterocycles. The minimum absolute atomic E-state index is 0.0568. The Morgan fingerprint density at radius 3 is 1.81 bits per heavy atom. The van der Waals surface area contributed by atoms with Crippen molar-refractivity contribution >= 4 is 13.8 Å². The molecular weight excluding hydrogens is 417 g/mol. The molecule has 0 aromatic rings. The Morgan fingerprint density at radius 2 is 1.35 bits per heavy atom. The van der Waals surface area contributed by atoms with E-state index in [4.69, 9.17) is 13.8 Å². The fraction of sp³-hybridized carbons (Fsp3) is 0.957. The second-order valence-electron chi connectivity index (χ2n) is 9.50. The van der Waals surface area contributed by atoms with E-state index in [0.29, 0.717) is 17.4 Å². The van der Waals surface area contributed by atoms with Crippen LogP contribution in [-0.4, -0.2) is 57.5 Å². The number of ether oxygens (including phenoxy) is 1. The van der Waals surface area contributed by atoms with E-state index in [0.717, 1.165) is 19.3 Å². The highest BCUT2D eigenvalue weighted by atomic mass is 31.2. The van der Waals surface area contributed by atoms with Crippen LogP contribution in [0.25, 0.3) is 0 Å². The molecule has 0 aliphatic heterocycles. The van der Waals surface area contributed by atoms with Gasteiger partial charge in [0.2, 0.25) is 0 Å². The number of rotatable bonds is 21. The van der Waals surface area contributed by atoms with Crippen molar-refractivity contribution in [3.63, 3.8) is 0 Å². The van der Waals surface area contributed by atoms with Crippen LogP contribution < -0.4 is 4.89 Å². The van der Waals surface area contributed by atoms with Gasteiger partial charge in [-0.15, -0.1) is 0 Å². The van der Waals surface area contributed by atoms with Crippen molar-refractivity contribution in [2.24, 2.45) is 0 Å². The molecule has 0 saturated carbocycles. The van der Waals surface area contributed by atoms with Crippen LogP contribution >= 0.6 is 7.82 Å². The predicted octanol–water partition coefficient (Wildman–Crippen LogP) is 5.22. The topological polar surface area (TPSA) is 84.9 Å². The van der Waals surface area contributed by atoms with Crippen LogP contribution in [0.5, 0.6) is 0 Å². The van der Waals surface area contributed by atoms with E-state index >= 15 is 0 Å². The highest BCUT2D eigenvalue weighted by Gasteiger charge is 2.18. The van der Waals surface area contributed by atoms with Gasteiger partial charge in [0, 0.05) is 6.92 Å². The second-order valence-corrected chi connectivity index (χ2v) is 10.9. The zero-order chi connectivity index (χ0) is 23.6. The molecule has 31 heavy (non-hydrogen) atoms. The lowest BCUT2D eigenvalue weighted by atomic mass is 10.0. The molecule has 0 fully saturated rings. The number of phosphoric ester groups is 1. The molecule has 0 aliphatic rings. The summed E-state index contributed by atoms with van der Waals surface area (Å²) in [6, 6.07) is 0. The fourth-order valence-corrected chi connectivity index (χ4v) is 3.99. The molecule has 0 spiro atoms. The predicted molar refractivity (Wildman–Crippen MR) is 124 cm³/mol. The molecule has 0 N–H and O–H groups in total. The van der Waals surface area contributed by atoms with E-state index in [1.807, 2.05) is 21.1 Å². The molecule has 2 unspecified atom stereocenters. The second kappa shape index (κ2) is 18.0. The molecule has 186 valence electrons. The maximum Gasteiger partial charge on any atom is 0.302 e. The number of esters is 1. The molecule has 0 aliphatic carbocycles. The molecule has 0 saturated heterocycles. The Bertz CT molecular complexity index is 495. The van der Waals surface area contributed by atoms with Gasteiger partial charge in [-0.2, -0.15) is 0 Å². The molecule has 0 amide bonds. The first-order valence-electron chi connectivity index (χ1n) is 12.1. The van der Waals surface area contributed by atoms with Crippen LogP contribution in [0.15, 0.2) is 0 Å². The Hall–Kier alpha value is -0.460. The monoisotopic (exact) mass is 465 g/mol. The normalized spacial score (nSPS) is 14.9. The number of unbranched alkanes of at least 4 members (excludes halogenated alkanes) is 11. The average Bonchev–Trinajstić information content (AvgIpc) is 2.65. The summed E-state index contributed by atoms with van der Waals surface area (Å²) in [5.74, 6) is -0.431. The van der Waals surface area contributed by atoms with Gasteiger partial charge in [0.25, 0.3) is 7.82 Å². The Balaban J connectivity index is 3.93. The van der Waals surface area contributed by atoms with Crippen molar-refractivity contribution in [3.8, 4) is 0 Å². The van der Waals surface area contributed by atoms with Crippen LogP contribution in [0.4, 0.5) is 0 Å². The molecule has 8 heteroatoms. The van der Waals surface area contributed by atoms with Crippen LogP contribution in [0.3, 0.4) is 0 Å². The van der Waals surface area contributed by atoms with E-state index in [-0.39, 0.29) is 13.2 Å². The molecule has 0 bridgehead atoms. The van der Waals surface area contributed by atoms with E-state index in [1.54, 1.807) is 0 Å². The van der Waals surface area contributed by atoms with Gasteiger partial charge in [0.15, 0.2) is 0 Å². The number of hydrogen-bond donors (Lipinski definition) is 0. The van der Waals surface area contributed by atoms with E-state index in [9.17, 15) is 14.3 Å². The Labute approximate surface area is 191 Å². The maximum absolute atomic E-state index is 11.9. The van der Waals surface area contributed by atoms with E-state index in [2.05, 4.69) is 6.92 Å². The van der Waals surface area contributed by atoms with Gasteiger partial charge < -0.3 is 23.2 Å². The summed E-state index contributed by atoms with van der Waals surface area (Å²) < 4.78 is 27.6. The lowest BCUT2D eigenvalue weighted by Gasteiger charge is -2.28. The fourth-order valence-electron chi connectivity index (χ4n) is 3.26. The van der Waals surface area contributed by atoms with Crippen molar-refractivity contribution in [2.75, 3.05) is 40.9 Å². The smallest absolute Gasteiger partial charge is 0.302 e. The number of quaternary nitrogens is 1. The van der Waals surface area contributed by atoms with Crippen LogP contribution in [0.2, 0.25) is 0 Å². The number of hydrogen-bond acceptors (Lipinski definition) is 6. The standard InChI is InChI=1S/C23H48NO6P/c1-6-7-8-9-10-11-12-13-14-15-16-17-18-23(30-22(2)25)21-29-31(26,27)28-20-19-24(3,4)5/h23H,6-21H2,1-5H3. The summed E-state index contributed by atoms with van der Waals surface area (Å²) in [7, 11) is 1.45. The van der Waals surface area contributed by atoms with Crippen molar-refractivity contribution in [1.82, 2.24) is 0 Å². The average molecular weight is 466 g/mol. The number of carbonyl (C=O) groups excluding carboxylic acids is 1. The Morgan fingerprint density at radius 1 is 0.871 bits per heavy atom. The minimum Gasteiger partial charge on any atom is -0.756 e. The van der Waals surface area contributed by atoms with Crippen LogP contribution in [-0.2, 0) is 23.1 Å². The number of likely N-dealkylation sites (N-methyl/N-ethyl adjacent to an activating group) is 1. The minimum atomic E-state index is -4.40. The number of nitrogens with zero attached hydrogens (tertiary/aromatic N) is 1. The third-order valence-electron chi connectivity index (χ3n) is 5.14. The first-order chi connectivity index (χ1) is 14.6. The van der Waals surface area contributed by atoms with E-state index < -0.39 is 19.9 Å². The third kappa shape index (κ3) is 22.5. The third-order valence-corrected chi connectivity index (χ3v) is 6.11. The lowest BCUT2D eigenvalue weighted by Crippen LogP contribution is -2.37. The van der Waals surface area contributed by atoms with Gasteiger partial charge in [-0.05, 0) is 12.8 Å². The van der Waals surface area contributed by atoms with Crippen molar-refractivity contribution in [1.29, 1.82) is 0 Å². The molecule has 0 radical (unpaired) electrons. The maximum atomic E-state index is 11.9. The highest BCUT2D eigenvalue weighted by molar-refractivity contribution is 7.45. The summed E-state index contributed by atoms with van der Waals surface area (Å²) >= 11 is 0. The summed E-state index contributed by atoms with van der Waals surface area (Å²) in [4.78, 5) is 23.2. The van der Waals surface area contributed by atoms with Gasteiger partial charge in [-0.25, -0.2) is 0 Å². The molecule has 0 heterocycles. The summed E-state index contributed by atoms with van der Waals surface area (Å²) in [5, 5.41) is 0. The summed E-state index contributed by atoms with van der Waals surface area (Å²) in [6.07, 6.45) is 15.0. The molecular formula is C23H48NO6P. The first kappa shape index (κ1) is 30.5. The first-order valence-corrected chi connectivity index (χ1v) is 13.6. The van der Waals surface area contributed by atoms with Gasteiger partial charge in [-0.1, -0.05) is 77.6 Å². The van der Waals surface area contributed by atoms with Gasteiger partial charge >= 0.3 is 5.97 Å². The van der Waals surface area contributed by atoms with Gasteiger partial charge in [0.1, 0.15) is 19.3 Å². The highest BCUT2D eigenvalue weighted by Crippen LogP contribution is 2.38. The zero-order valence-corrected chi connectivity index (χ0v) is 21.6. The van der Waals surface area contributed by atoms with Crippen LogP contribution in [0, 0.1) is 0 Å². The summed E-state index contributed by atoms with van der Waals surface area (Å²) in [5.41, 5.74) is 0. The van der Waals surface area contributed by atoms with Gasteiger partial charge in [0.05, 0.1) is 27.7 Å². The zero-order valence-electron chi connectivity index (χ0n) is 20.7. The van der Waals surface area contributed by atoms with Crippen molar-refractivity contribution < 1.29 is 32.5 Å². The number of phosphoric acid groups is 1. The van der Waals surface area contributed by atoms with E-state index in [1.165, 1.54) is 64.7 Å². The van der Waals surface area contributed by atoms with Crippen LogP contribution in [0.1, 0.15) is 97.3 Å². The summed E-state index contributed by atoms with van der Waals surface area (Å²) in [6.45, 7) is 3.97. The molecule has 0 rings (SSSR count). The molecule has 7 nitrogen and oxygen atoms in total. The van der Waals surface area contributed by atoms with Gasteiger partial charge in [-0.3, -0.25) is 9.36 Å². The largest absolute Gasteiger partial charge is 0.756 e. The Kier molecular flexibility index (Phi) is 17.8. The SMILES string of the molecule is CCCCCCCCCCCCCCC(COP(=O)([O-])OCC[N+](C)(C)C)OC(C)=O. The molecule has 2 atom stereocenters. The quantitative estimate of drug-likeness (QED) is 0.100.